The van der Waals surface area contributed by atoms with E-state index in [1.165, 1.54) is 172 Å². The zero-order valence-corrected chi connectivity index (χ0v) is 30.3. The molecule has 0 amide bonds. The molecule has 230 valence electrons. The van der Waals surface area contributed by atoms with Crippen molar-refractivity contribution in [1.82, 2.24) is 0 Å². The van der Waals surface area contributed by atoms with Gasteiger partial charge in [0.25, 0.3) is 0 Å². The quantitative estimate of drug-likeness (QED) is 0.108. The van der Waals surface area contributed by atoms with E-state index in [4.69, 9.17) is 0 Å². The number of hydrogen-bond acceptors (Lipinski definition) is 0. The van der Waals surface area contributed by atoms with Crippen molar-refractivity contribution in [2.75, 3.05) is 0 Å². The molecular weight excluding hydrogens is 628 g/mol. The molecule has 0 radical (unpaired) electrons. The van der Waals surface area contributed by atoms with Crippen LogP contribution in [0.25, 0.3) is 11.1 Å². The van der Waals surface area contributed by atoms with Crippen molar-refractivity contribution in [2.24, 2.45) is 0 Å². The second-order valence-electron chi connectivity index (χ2n) is 13.2. The van der Waals surface area contributed by atoms with Gasteiger partial charge in [0.05, 0.1) is 0 Å². The summed E-state index contributed by atoms with van der Waals surface area (Å²) in [5, 5.41) is 0. The molecule has 1 aliphatic rings. The number of hydrogen-bond donors (Lipinski definition) is 0. The summed E-state index contributed by atoms with van der Waals surface area (Å²) < 4.78 is 2.55. The molecule has 0 heterocycles. The summed E-state index contributed by atoms with van der Waals surface area (Å²) in [6.45, 7) is 9.12. The van der Waals surface area contributed by atoms with Gasteiger partial charge in [0.2, 0.25) is 0 Å². The maximum absolute atomic E-state index is 3.93. The molecule has 2 aromatic carbocycles. The van der Waals surface area contributed by atoms with Gasteiger partial charge < -0.3 is 0 Å². The molecular formula is C39H60Br2. The first-order valence-corrected chi connectivity index (χ1v) is 19.1. The first-order valence-electron chi connectivity index (χ1n) is 17.6. The molecule has 0 nitrogen and oxygen atoms in total. The van der Waals surface area contributed by atoms with E-state index >= 15 is 0 Å². The van der Waals surface area contributed by atoms with Crippen molar-refractivity contribution in [3.63, 3.8) is 0 Å². The van der Waals surface area contributed by atoms with Gasteiger partial charge in [-0.25, -0.2) is 0 Å². The Morgan fingerprint density at radius 3 is 1.05 bits per heavy atom. The van der Waals surface area contributed by atoms with Crippen molar-refractivity contribution >= 4 is 31.9 Å². The largest absolute Gasteiger partial charge is 0.0654 e. The Bertz CT molecular complexity index is 953. The summed E-state index contributed by atoms with van der Waals surface area (Å²) in [5.41, 5.74) is 9.03. The van der Waals surface area contributed by atoms with Crippen LogP contribution in [0.4, 0.5) is 0 Å². The zero-order valence-electron chi connectivity index (χ0n) is 27.1. The Morgan fingerprint density at radius 2 is 0.732 bits per heavy atom. The molecule has 0 atom stereocenters. The van der Waals surface area contributed by atoms with Crippen LogP contribution in [0.1, 0.15) is 177 Å². The smallest absolute Gasteiger partial charge is 0.0216 e. The van der Waals surface area contributed by atoms with Gasteiger partial charge in [-0.15, -0.1) is 0 Å². The van der Waals surface area contributed by atoms with Gasteiger partial charge in [0.1, 0.15) is 0 Å². The molecule has 0 bridgehead atoms. The molecule has 0 aliphatic heterocycles. The van der Waals surface area contributed by atoms with Crippen LogP contribution in [0, 0.1) is 13.8 Å². The molecule has 0 spiro atoms. The number of fused-ring (bicyclic) bond motifs is 3. The fourth-order valence-corrected chi connectivity index (χ4v) is 7.92. The first kappa shape index (κ1) is 34.9. The Hall–Kier alpha value is -0.600. The Balaban J connectivity index is 1.67. The van der Waals surface area contributed by atoms with E-state index in [0.29, 0.717) is 0 Å². The van der Waals surface area contributed by atoms with Crippen LogP contribution in [0.5, 0.6) is 0 Å². The average molecular weight is 689 g/mol. The minimum atomic E-state index is 0.150. The highest BCUT2D eigenvalue weighted by Gasteiger charge is 2.43. The second kappa shape index (κ2) is 18.9. The Kier molecular flexibility index (Phi) is 16.1. The highest BCUT2D eigenvalue weighted by atomic mass is 79.9. The van der Waals surface area contributed by atoms with Gasteiger partial charge in [-0.2, -0.15) is 0 Å². The normalized spacial score (nSPS) is 13.5. The third-order valence-corrected chi connectivity index (χ3v) is 11.5. The Morgan fingerprint density at radius 1 is 0.439 bits per heavy atom. The lowest BCUT2D eigenvalue weighted by Gasteiger charge is -2.33. The van der Waals surface area contributed by atoms with E-state index in [-0.39, 0.29) is 5.41 Å². The molecule has 0 saturated carbocycles. The minimum absolute atomic E-state index is 0.150. The van der Waals surface area contributed by atoms with Gasteiger partial charge >= 0.3 is 0 Å². The maximum Gasteiger partial charge on any atom is 0.0216 e. The van der Waals surface area contributed by atoms with E-state index < -0.39 is 0 Å². The summed E-state index contributed by atoms with van der Waals surface area (Å²) in [6, 6.07) is 9.93. The molecule has 0 saturated heterocycles. The average Bonchev–Trinajstić information content (AvgIpc) is 3.19. The summed E-state index contributed by atoms with van der Waals surface area (Å²) >= 11 is 7.86. The first-order chi connectivity index (χ1) is 19.9. The van der Waals surface area contributed by atoms with E-state index in [1.54, 1.807) is 11.1 Å². The highest BCUT2D eigenvalue weighted by Crippen LogP contribution is 2.56. The molecule has 2 aromatic rings. The van der Waals surface area contributed by atoms with E-state index in [9.17, 15) is 0 Å². The molecule has 2 heteroatoms. The van der Waals surface area contributed by atoms with Crippen molar-refractivity contribution in [2.45, 2.75) is 174 Å². The van der Waals surface area contributed by atoms with Gasteiger partial charge in [0.15, 0.2) is 0 Å². The van der Waals surface area contributed by atoms with Crippen LogP contribution in [-0.4, -0.2) is 0 Å². The number of aryl methyl sites for hydroxylation is 2. The van der Waals surface area contributed by atoms with Crippen LogP contribution in [0.3, 0.4) is 0 Å². The summed E-state index contributed by atoms with van der Waals surface area (Å²) in [5.74, 6) is 0. The fourth-order valence-electron chi connectivity index (χ4n) is 7.24. The molecule has 1 aliphatic carbocycles. The van der Waals surface area contributed by atoms with Crippen LogP contribution < -0.4 is 0 Å². The lowest BCUT2D eigenvalue weighted by molar-refractivity contribution is 0.396. The third kappa shape index (κ3) is 10.2. The molecule has 0 unspecified atom stereocenters. The van der Waals surface area contributed by atoms with Crippen LogP contribution in [-0.2, 0) is 5.41 Å². The number of unbranched alkanes of at least 4 members (excludes halogenated alkanes) is 18. The lowest BCUT2D eigenvalue weighted by Crippen LogP contribution is -2.25. The predicted octanol–water partition coefficient (Wildman–Crippen LogP) is 14.7. The van der Waals surface area contributed by atoms with E-state index in [1.807, 2.05) is 0 Å². The molecule has 0 fully saturated rings. The van der Waals surface area contributed by atoms with E-state index in [2.05, 4.69) is 83.8 Å². The zero-order chi connectivity index (χ0) is 29.5. The SMILES string of the molecule is CCCCCCCCCCCCC1(CCCCCCCCCCCC)c2cc(Br)c(C)cc2-c2cc(C)c(Br)cc21. The summed E-state index contributed by atoms with van der Waals surface area (Å²) in [4.78, 5) is 0. The maximum atomic E-state index is 3.93. The van der Waals surface area contributed by atoms with Crippen molar-refractivity contribution < 1.29 is 0 Å². The van der Waals surface area contributed by atoms with Gasteiger partial charge in [-0.1, -0.05) is 174 Å². The third-order valence-electron chi connectivity index (χ3n) is 9.83. The van der Waals surface area contributed by atoms with E-state index in [0.717, 1.165) is 0 Å². The van der Waals surface area contributed by atoms with Crippen LogP contribution in [0.2, 0.25) is 0 Å². The van der Waals surface area contributed by atoms with Crippen molar-refractivity contribution in [3.05, 3.63) is 55.5 Å². The van der Waals surface area contributed by atoms with Crippen LogP contribution in [0.15, 0.2) is 33.2 Å². The molecule has 0 N–H and O–H groups in total. The summed E-state index contributed by atoms with van der Waals surface area (Å²) in [6.07, 6.45) is 30.6. The number of rotatable bonds is 22. The summed E-state index contributed by atoms with van der Waals surface area (Å²) in [7, 11) is 0. The number of benzene rings is 2. The minimum Gasteiger partial charge on any atom is -0.0654 e. The molecule has 3 rings (SSSR count). The highest BCUT2D eigenvalue weighted by molar-refractivity contribution is 9.10. The lowest BCUT2D eigenvalue weighted by atomic mass is 9.70. The van der Waals surface area contributed by atoms with Crippen LogP contribution >= 0.6 is 31.9 Å². The topological polar surface area (TPSA) is 0 Å². The predicted molar refractivity (Wildman–Crippen MR) is 190 cm³/mol. The van der Waals surface area contributed by atoms with Crippen molar-refractivity contribution in [3.8, 4) is 11.1 Å². The Labute approximate surface area is 271 Å². The second-order valence-corrected chi connectivity index (χ2v) is 14.9. The monoisotopic (exact) mass is 686 g/mol. The molecule has 41 heavy (non-hydrogen) atoms. The van der Waals surface area contributed by atoms with Gasteiger partial charge in [-0.05, 0) is 84.3 Å². The number of halogens is 2. The van der Waals surface area contributed by atoms with Crippen molar-refractivity contribution in [1.29, 1.82) is 0 Å². The van der Waals surface area contributed by atoms with Gasteiger partial charge in [0, 0.05) is 14.4 Å². The fraction of sp³-hybridized carbons (Fsp3) is 0.692. The molecule has 0 aromatic heterocycles. The standard InChI is InChI=1S/C39H60Br2/c1-5-7-9-11-13-15-17-19-21-23-25-39(26-24-22-20-18-16-14-12-10-8-6-2)35-29-37(40)31(3)27-33(35)34-28-32(4)38(41)30-36(34)39/h27-30H,5-26H2,1-4H3. The van der Waals surface area contributed by atoms with Gasteiger partial charge in [-0.3, -0.25) is 0 Å².